The molecule has 0 unspecified atom stereocenters. The Morgan fingerprint density at radius 2 is 1.85 bits per heavy atom. The maximum absolute atomic E-state index is 13.4. The molecule has 0 bridgehead atoms. The molecule has 6 nitrogen and oxygen atoms in total. The highest BCUT2D eigenvalue weighted by atomic mass is 16.3. The molecule has 3 aromatic rings. The first-order valence-corrected chi connectivity index (χ1v) is 11.4. The van der Waals surface area contributed by atoms with Crippen LogP contribution in [0.15, 0.2) is 79.4 Å². The van der Waals surface area contributed by atoms with E-state index in [9.17, 15) is 14.7 Å². The fraction of sp³-hybridized carbons (Fsp3) is 0.214. The van der Waals surface area contributed by atoms with Crippen LogP contribution in [0.5, 0.6) is 0 Å². The molecule has 3 aromatic carbocycles. The van der Waals surface area contributed by atoms with Gasteiger partial charge in [-0.1, -0.05) is 49.4 Å². The second-order valence-corrected chi connectivity index (χ2v) is 8.72. The second-order valence-electron chi connectivity index (χ2n) is 8.72. The molecule has 0 fully saturated rings. The Morgan fingerprint density at radius 3 is 2.59 bits per heavy atom. The van der Waals surface area contributed by atoms with Gasteiger partial charge in [-0.3, -0.25) is 14.5 Å². The van der Waals surface area contributed by atoms with Crippen molar-refractivity contribution in [2.45, 2.75) is 18.9 Å². The van der Waals surface area contributed by atoms with Gasteiger partial charge < -0.3 is 15.1 Å². The third-order valence-corrected chi connectivity index (χ3v) is 6.76. The zero-order valence-corrected chi connectivity index (χ0v) is 18.9. The molecule has 2 heterocycles. The van der Waals surface area contributed by atoms with Crippen molar-refractivity contribution in [3.63, 3.8) is 0 Å². The highest BCUT2D eigenvalue weighted by Crippen LogP contribution is 2.49. The summed E-state index contributed by atoms with van der Waals surface area (Å²) < 4.78 is 0. The zero-order valence-electron chi connectivity index (χ0n) is 18.9. The van der Waals surface area contributed by atoms with Crippen LogP contribution in [0.25, 0.3) is 10.8 Å². The van der Waals surface area contributed by atoms with E-state index < -0.39 is 17.4 Å². The van der Waals surface area contributed by atoms with E-state index in [0.29, 0.717) is 28.9 Å². The van der Waals surface area contributed by atoms with E-state index >= 15 is 0 Å². The lowest BCUT2D eigenvalue weighted by atomic mass is 9.82. The van der Waals surface area contributed by atoms with Crippen molar-refractivity contribution in [2.24, 2.45) is 5.92 Å². The Hall–Kier alpha value is -3.74. The monoisotopic (exact) mass is 454 g/mol. The third kappa shape index (κ3) is 3.03. The molecule has 0 saturated heterocycles. The number of benzene rings is 3. The molecule has 2 aliphatic rings. The van der Waals surface area contributed by atoms with Gasteiger partial charge in [0.25, 0.3) is 11.8 Å². The van der Waals surface area contributed by atoms with E-state index in [-0.39, 0.29) is 19.1 Å². The van der Waals surface area contributed by atoms with Crippen molar-refractivity contribution in [3.8, 4) is 0 Å². The Kier molecular flexibility index (Phi) is 5.35. The van der Waals surface area contributed by atoms with E-state index in [4.69, 9.17) is 5.11 Å². The Morgan fingerprint density at radius 1 is 1.09 bits per heavy atom. The standard InChI is InChI=1S/C28H26N2O4/c1-3-15-29-23-14-13-20(17-22(23)28(34,27(29)33)18(2)8-4-5-16-31)30-24-12-7-10-19-9-6-11-21(25(19)24)26(30)32/h3-4,6-14,17-18,31,34H,1,5,15-16H2,2H3/b8-4+/t18-,28+/m1/s1. The van der Waals surface area contributed by atoms with Crippen LogP contribution < -0.4 is 9.80 Å². The first-order valence-electron chi connectivity index (χ1n) is 11.4. The summed E-state index contributed by atoms with van der Waals surface area (Å²) in [6.45, 7) is 5.77. The van der Waals surface area contributed by atoms with Crippen molar-refractivity contribution in [1.82, 2.24) is 0 Å². The summed E-state index contributed by atoms with van der Waals surface area (Å²) in [7, 11) is 0. The summed E-state index contributed by atoms with van der Waals surface area (Å²) in [5.41, 5.74) is 1.25. The predicted octanol–water partition coefficient (Wildman–Crippen LogP) is 4.43. The van der Waals surface area contributed by atoms with Crippen LogP contribution >= 0.6 is 0 Å². The number of aliphatic hydroxyl groups is 2. The Bertz CT molecular complexity index is 1360. The first kappa shape index (κ1) is 22.1. The largest absolute Gasteiger partial charge is 0.396 e. The lowest BCUT2D eigenvalue weighted by molar-refractivity contribution is -0.139. The lowest BCUT2D eigenvalue weighted by Crippen LogP contribution is -2.44. The molecule has 0 radical (unpaired) electrons. The molecule has 2 amide bonds. The van der Waals surface area contributed by atoms with Crippen LogP contribution in [0, 0.1) is 5.92 Å². The molecule has 0 aliphatic carbocycles. The number of carbonyl (C=O) groups excluding carboxylic acids is 2. The molecule has 0 saturated carbocycles. The number of fused-ring (bicyclic) bond motifs is 1. The van der Waals surface area contributed by atoms with Crippen LogP contribution in [0.4, 0.5) is 17.1 Å². The van der Waals surface area contributed by atoms with E-state index in [1.807, 2.05) is 42.5 Å². The minimum absolute atomic E-state index is 0.0118. The topological polar surface area (TPSA) is 81.1 Å². The summed E-state index contributed by atoms with van der Waals surface area (Å²) >= 11 is 0. The minimum atomic E-state index is -1.80. The molecule has 2 aliphatic heterocycles. The number of hydrogen-bond donors (Lipinski definition) is 2. The fourth-order valence-corrected chi connectivity index (χ4v) is 5.07. The number of anilines is 3. The van der Waals surface area contributed by atoms with Gasteiger partial charge in [0.2, 0.25) is 0 Å². The zero-order chi connectivity index (χ0) is 24.0. The average molecular weight is 455 g/mol. The van der Waals surface area contributed by atoms with Crippen LogP contribution in [0.1, 0.15) is 29.3 Å². The molecule has 34 heavy (non-hydrogen) atoms. The van der Waals surface area contributed by atoms with Crippen molar-refractivity contribution < 1.29 is 19.8 Å². The molecular weight excluding hydrogens is 428 g/mol. The summed E-state index contributed by atoms with van der Waals surface area (Å²) in [6, 6.07) is 16.8. The predicted molar refractivity (Wildman–Crippen MR) is 133 cm³/mol. The van der Waals surface area contributed by atoms with Crippen LogP contribution in [-0.2, 0) is 10.4 Å². The smallest absolute Gasteiger partial charge is 0.264 e. The lowest BCUT2D eigenvalue weighted by Gasteiger charge is -2.28. The van der Waals surface area contributed by atoms with Crippen LogP contribution in [0.2, 0.25) is 0 Å². The minimum Gasteiger partial charge on any atom is -0.396 e. The average Bonchev–Trinajstić information content (AvgIpc) is 3.25. The second kappa shape index (κ2) is 8.24. The molecule has 172 valence electrons. The molecule has 2 N–H and O–H groups in total. The van der Waals surface area contributed by atoms with E-state index in [1.165, 1.54) is 4.90 Å². The van der Waals surface area contributed by atoms with E-state index in [1.54, 1.807) is 42.2 Å². The number of hydrogen-bond acceptors (Lipinski definition) is 4. The van der Waals surface area contributed by atoms with Gasteiger partial charge in [0.15, 0.2) is 5.60 Å². The van der Waals surface area contributed by atoms with Gasteiger partial charge in [0.05, 0.1) is 16.9 Å². The molecule has 0 aromatic heterocycles. The summed E-state index contributed by atoms with van der Waals surface area (Å²) in [4.78, 5) is 30.0. The van der Waals surface area contributed by atoms with E-state index in [2.05, 4.69) is 6.58 Å². The Balaban J connectivity index is 1.65. The van der Waals surface area contributed by atoms with Crippen molar-refractivity contribution in [3.05, 3.63) is 90.5 Å². The van der Waals surface area contributed by atoms with Gasteiger partial charge in [-0.25, -0.2) is 0 Å². The van der Waals surface area contributed by atoms with Crippen molar-refractivity contribution >= 4 is 39.6 Å². The molecule has 5 rings (SSSR count). The number of amides is 2. The molecular formula is C28H26N2O4. The number of carbonyl (C=O) groups is 2. The van der Waals surface area contributed by atoms with Gasteiger partial charge in [-0.05, 0) is 42.1 Å². The van der Waals surface area contributed by atoms with Crippen LogP contribution in [-0.4, -0.2) is 35.2 Å². The molecule has 6 heteroatoms. The van der Waals surface area contributed by atoms with Crippen molar-refractivity contribution in [1.29, 1.82) is 0 Å². The summed E-state index contributed by atoms with van der Waals surface area (Å²) in [6.07, 6.45) is 5.56. The van der Waals surface area contributed by atoms with Crippen LogP contribution in [0.3, 0.4) is 0 Å². The SMILES string of the molecule is C=CCN1C(=O)[C@](O)([C@H](C)/C=C/CCO)c2cc(N3C(=O)c4cccc5cccc3c45)ccc21. The van der Waals surface area contributed by atoms with Gasteiger partial charge >= 0.3 is 0 Å². The Labute approximate surface area is 198 Å². The summed E-state index contributed by atoms with van der Waals surface area (Å²) in [5.74, 6) is -1.12. The molecule has 2 atom stereocenters. The highest BCUT2D eigenvalue weighted by Gasteiger charge is 2.52. The first-order chi connectivity index (χ1) is 16.4. The fourth-order valence-electron chi connectivity index (χ4n) is 5.07. The normalized spacial score (nSPS) is 20.0. The number of rotatable bonds is 7. The number of aliphatic hydroxyl groups excluding tert-OH is 1. The quantitative estimate of drug-likeness (QED) is 0.518. The van der Waals surface area contributed by atoms with Crippen molar-refractivity contribution in [2.75, 3.05) is 23.0 Å². The van der Waals surface area contributed by atoms with Gasteiger partial charge in [0, 0.05) is 35.7 Å². The van der Waals surface area contributed by atoms with Gasteiger partial charge in [-0.2, -0.15) is 0 Å². The van der Waals surface area contributed by atoms with Gasteiger partial charge in [-0.15, -0.1) is 6.58 Å². The maximum atomic E-state index is 13.4. The third-order valence-electron chi connectivity index (χ3n) is 6.76. The molecule has 0 spiro atoms. The highest BCUT2D eigenvalue weighted by molar-refractivity contribution is 6.28. The van der Waals surface area contributed by atoms with E-state index in [0.717, 1.165) is 16.5 Å². The van der Waals surface area contributed by atoms with Gasteiger partial charge in [0.1, 0.15) is 0 Å². The summed E-state index contributed by atoms with van der Waals surface area (Å²) in [5, 5.41) is 22.8. The maximum Gasteiger partial charge on any atom is 0.264 e. The number of nitrogens with zero attached hydrogens (tertiary/aromatic N) is 2.